The minimum atomic E-state index is -0.711. The maximum Gasteiger partial charge on any atom is 0.244 e. The van der Waals surface area contributed by atoms with Crippen LogP contribution in [0.3, 0.4) is 0 Å². The zero-order valence-electron chi connectivity index (χ0n) is 13.0. The molecule has 1 aliphatic heterocycles. The summed E-state index contributed by atoms with van der Waals surface area (Å²) in [6.45, 7) is -0.184. The first-order chi connectivity index (χ1) is 11.5. The second-order valence-electron chi connectivity index (χ2n) is 5.90. The van der Waals surface area contributed by atoms with E-state index >= 15 is 0 Å². The number of nitrogens with zero attached hydrogens (tertiary/aromatic N) is 1. The second kappa shape index (κ2) is 6.63. The molecule has 4 N–H and O–H groups in total. The Kier molecular flexibility index (Phi) is 4.55. The summed E-state index contributed by atoms with van der Waals surface area (Å²) in [5.41, 5.74) is 14.1. The highest BCUT2D eigenvalue weighted by molar-refractivity contribution is 6.30. The number of carbonyl (C=O) groups is 2. The number of anilines is 1. The van der Waals surface area contributed by atoms with Crippen LogP contribution in [0.2, 0.25) is 5.02 Å². The first-order valence-corrected chi connectivity index (χ1v) is 8.05. The van der Waals surface area contributed by atoms with Crippen LogP contribution in [0, 0.1) is 0 Å². The van der Waals surface area contributed by atoms with E-state index in [2.05, 4.69) is 0 Å². The molecule has 0 aliphatic carbocycles. The zero-order chi connectivity index (χ0) is 17.3. The number of halogens is 1. The number of hydrogen-bond acceptors (Lipinski definition) is 3. The lowest BCUT2D eigenvalue weighted by atomic mass is 9.86. The Balaban J connectivity index is 2.12. The summed E-state index contributed by atoms with van der Waals surface area (Å²) in [5, 5.41) is 0.649. The quantitative estimate of drug-likeness (QED) is 0.893. The van der Waals surface area contributed by atoms with E-state index in [1.54, 1.807) is 0 Å². The van der Waals surface area contributed by atoms with E-state index in [1.807, 2.05) is 48.5 Å². The maximum atomic E-state index is 12.6. The predicted molar refractivity (Wildman–Crippen MR) is 93.9 cm³/mol. The SMILES string of the molecule is NC(=O)CN1C(=O)C(N)CC(c2ccc(Cl)cc2)c2ccccc21. The Hall–Kier alpha value is -2.37. The van der Waals surface area contributed by atoms with Gasteiger partial charge in [-0.15, -0.1) is 0 Å². The molecule has 24 heavy (non-hydrogen) atoms. The van der Waals surface area contributed by atoms with Crippen molar-refractivity contribution < 1.29 is 9.59 Å². The van der Waals surface area contributed by atoms with Gasteiger partial charge in [-0.25, -0.2) is 0 Å². The Morgan fingerprint density at radius 3 is 2.50 bits per heavy atom. The number of hydrogen-bond donors (Lipinski definition) is 2. The fourth-order valence-corrected chi connectivity index (χ4v) is 3.28. The average Bonchev–Trinajstić information content (AvgIpc) is 2.66. The third-order valence-electron chi connectivity index (χ3n) is 4.26. The number of carbonyl (C=O) groups excluding carboxylic acids is 2. The van der Waals surface area contributed by atoms with Gasteiger partial charge in [0.1, 0.15) is 6.54 Å². The van der Waals surface area contributed by atoms with Gasteiger partial charge in [-0.05, 0) is 35.7 Å². The van der Waals surface area contributed by atoms with Crippen LogP contribution >= 0.6 is 11.6 Å². The molecule has 1 heterocycles. The van der Waals surface area contributed by atoms with Crippen LogP contribution in [0.15, 0.2) is 48.5 Å². The second-order valence-corrected chi connectivity index (χ2v) is 6.33. The van der Waals surface area contributed by atoms with Crippen LogP contribution in [-0.4, -0.2) is 24.4 Å². The molecule has 1 aliphatic rings. The molecule has 2 unspecified atom stereocenters. The van der Waals surface area contributed by atoms with Crippen molar-refractivity contribution in [2.75, 3.05) is 11.4 Å². The predicted octanol–water partition coefficient (Wildman–Crippen LogP) is 2.02. The van der Waals surface area contributed by atoms with Crippen molar-refractivity contribution >= 4 is 29.1 Å². The van der Waals surface area contributed by atoms with Gasteiger partial charge in [0.05, 0.1) is 6.04 Å². The van der Waals surface area contributed by atoms with Gasteiger partial charge >= 0.3 is 0 Å². The Morgan fingerprint density at radius 2 is 1.83 bits per heavy atom. The maximum absolute atomic E-state index is 12.6. The topological polar surface area (TPSA) is 89.4 Å². The van der Waals surface area contributed by atoms with E-state index in [0.29, 0.717) is 17.1 Å². The van der Waals surface area contributed by atoms with Crippen molar-refractivity contribution in [3.63, 3.8) is 0 Å². The summed E-state index contributed by atoms with van der Waals surface area (Å²) in [6.07, 6.45) is 0.451. The molecule has 0 radical (unpaired) electrons. The van der Waals surface area contributed by atoms with E-state index in [4.69, 9.17) is 23.1 Å². The van der Waals surface area contributed by atoms with E-state index < -0.39 is 11.9 Å². The van der Waals surface area contributed by atoms with Crippen molar-refractivity contribution in [2.24, 2.45) is 11.5 Å². The average molecular weight is 344 g/mol. The van der Waals surface area contributed by atoms with Crippen molar-refractivity contribution in [1.82, 2.24) is 0 Å². The lowest BCUT2D eigenvalue weighted by molar-refractivity contribution is -0.123. The van der Waals surface area contributed by atoms with Gasteiger partial charge in [0.15, 0.2) is 0 Å². The molecule has 2 aromatic carbocycles. The molecule has 0 saturated carbocycles. The summed E-state index contributed by atoms with van der Waals surface area (Å²) in [4.78, 5) is 25.4. The Morgan fingerprint density at radius 1 is 1.17 bits per heavy atom. The number of primary amides is 1. The molecule has 2 atom stereocenters. The highest BCUT2D eigenvalue weighted by Gasteiger charge is 2.34. The smallest absolute Gasteiger partial charge is 0.244 e. The molecule has 0 fully saturated rings. The molecular formula is C18H18ClN3O2. The molecule has 0 spiro atoms. The third-order valence-corrected chi connectivity index (χ3v) is 4.51. The van der Waals surface area contributed by atoms with Gasteiger partial charge in [0, 0.05) is 16.6 Å². The number of fused-ring (bicyclic) bond motifs is 1. The highest BCUT2D eigenvalue weighted by atomic mass is 35.5. The highest BCUT2D eigenvalue weighted by Crippen LogP contribution is 2.38. The molecule has 0 saturated heterocycles. The summed E-state index contributed by atoms with van der Waals surface area (Å²) in [7, 11) is 0. The standard InChI is InChI=1S/C18H18ClN3O2/c19-12-7-5-11(6-8-12)14-9-15(20)18(24)22(10-17(21)23)16-4-2-1-3-13(14)16/h1-8,14-15H,9-10,20H2,(H2,21,23). The third kappa shape index (κ3) is 3.13. The van der Waals surface area contributed by atoms with Crippen LogP contribution in [-0.2, 0) is 9.59 Å². The van der Waals surface area contributed by atoms with Crippen molar-refractivity contribution in [1.29, 1.82) is 0 Å². The van der Waals surface area contributed by atoms with Gasteiger partial charge in [-0.1, -0.05) is 41.9 Å². The van der Waals surface area contributed by atoms with Gasteiger partial charge in [-0.2, -0.15) is 0 Å². The van der Waals surface area contributed by atoms with Crippen molar-refractivity contribution in [2.45, 2.75) is 18.4 Å². The van der Waals surface area contributed by atoms with Crippen molar-refractivity contribution in [3.05, 3.63) is 64.7 Å². The van der Waals surface area contributed by atoms with Crippen LogP contribution in [0.25, 0.3) is 0 Å². The van der Waals surface area contributed by atoms with E-state index in [1.165, 1.54) is 4.90 Å². The molecule has 2 amide bonds. The lowest BCUT2D eigenvalue weighted by Crippen LogP contribution is -2.46. The monoisotopic (exact) mass is 343 g/mol. The number of para-hydroxylation sites is 1. The normalized spacial score (nSPS) is 20.4. The van der Waals surface area contributed by atoms with Crippen LogP contribution in [0.5, 0.6) is 0 Å². The Labute approximate surface area is 145 Å². The summed E-state index contributed by atoms with van der Waals surface area (Å²) < 4.78 is 0. The largest absolute Gasteiger partial charge is 0.368 e. The summed E-state index contributed by atoms with van der Waals surface area (Å²) in [5.74, 6) is -0.927. The fraction of sp³-hybridized carbons (Fsp3) is 0.222. The van der Waals surface area contributed by atoms with Gasteiger partial charge in [-0.3, -0.25) is 9.59 Å². The van der Waals surface area contributed by atoms with Crippen LogP contribution in [0.1, 0.15) is 23.5 Å². The molecule has 0 bridgehead atoms. The van der Waals surface area contributed by atoms with Gasteiger partial charge in [0.2, 0.25) is 11.8 Å². The fourth-order valence-electron chi connectivity index (χ4n) is 3.16. The lowest BCUT2D eigenvalue weighted by Gasteiger charge is -2.23. The molecule has 2 aromatic rings. The first kappa shape index (κ1) is 16.5. The van der Waals surface area contributed by atoms with Gasteiger partial charge in [0.25, 0.3) is 0 Å². The first-order valence-electron chi connectivity index (χ1n) is 7.67. The zero-order valence-corrected chi connectivity index (χ0v) is 13.7. The van der Waals surface area contributed by atoms with E-state index in [9.17, 15) is 9.59 Å². The Bertz CT molecular complexity index is 776. The molecule has 3 rings (SSSR count). The van der Waals surface area contributed by atoms with Gasteiger partial charge < -0.3 is 16.4 Å². The molecule has 6 heteroatoms. The number of amides is 2. The number of benzene rings is 2. The minimum Gasteiger partial charge on any atom is -0.368 e. The van der Waals surface area contributed by atoms with Crippen LogP contribution < -0.4 is 16.4 Å². The molecule has 5 nitrogen and oxygen atoms in total. The van der Waals surface area contributed by atoms with E-state index in [-0.39, 0.29) is 18.4 Å². The molecule has 124 valence electrons. The summed E-state index contributed by atoms with van der Waals surface area (Å²) in [6, 6.07) is 14.3. The minimum absolute atomic E-state index is 0.0599. The number of rotatable bonds is 3. The molecule has 0 aromatic heterocycles. The van der Waals surface area contributed by atoms with Crippen LogP contribution in [0.4, 0.5) is 5.69 Å². The summed E-state index contributed by atoms with van der Waals surface area (Å²) >= 11 is 5.98. The van der Waals surface area contributed by atoms with Crippen molar-refractivity contribution in [3.8, 4) is 0 Å². The van der Waals surface area contributed by atoms with E-state index in [0.717, 1.165) is 11.1 Å². The number of nitrogens with two attached hydrogens (primary N) is 2. The molecular weight excluding hydrogens is 326 g/mol.